The molecule has 140 valence electrons. The summed E-state index contributed by atoms with van der Waals surface area (Å²) in [5.41, 5.74) is 0.391. The maximum absolute atomic E-state index is 13.8. The Kier molecular flexibility index (Phi) is 5.43. The van der Waals surface area contributed by atoms with Gasteiger partial charge in [0.1, 0.15) is 17.3 Å². The van der Waals surface area contributed by atoms with Gasteiger partial charge < -0.3 is 9.32 Å². The number of amides is 1. The minimum Gasteiger partial charge on any atom is -0.461 e. The van der Waals surface area contributed by atoms with Gasteiger partial charge in [-0.15, -0.1) is 0 Å². The minimum atomic E-state index is -3.21. The molecular formula is C18H21FN2O4S. The number of carbonyl (C=O) groups is 1. The van der Waals surface area contributed by atoms with E-state index in [2.05, 4.69) is 0 Å². The summed E-state index contributed by atoms with van der Waals surface area (Å²) >= 11 is 0. The summed E-state index contributed by atoms with van der Waals surface area (Å²) in [6.07, 6.45) is 1.86. The average Bonchev–Trinajstić information content (AvgIpc) is 3.08. The summed E-state index contributed by atoms with van der Waals surface area (Å²) < 4.78 is 43.8. The molecule has 0 unspecified atom stereocenters. The fraction of sp³-hybridized carbons (Fsp3) is 0.389. The van der Waals surface area contributed by atoms with Crippen LogP contribution in [0.3, 0.4) is 0 Å². The maximum Gasteiger partial charge on any atom is 0.223 e. The number of rotatable bonds is 5. The smallest absolute Gasteiger partial charge is 0.223 e. The molecule has 8 heteroatoms. The van der Waals surface area contributed by atoms with Crippen LogP contribution in [-0.4, -0.2) is 56.0 Å². The lowest BCUT2D eigenvalue weighted by Crippen LogP contribution is -2.50. The third kappa shape index (κ3) is 4.31. The van der Waals surface area contributed by atoms with Crippen molar-refractivity contribution >= 4 is 15.9 Å². The number of nitrogens with zero attached hydrogens (tertiary/aromatic N) is 2. The fourth-order valence-corrected chi connectivity index (χ4v) is 3.80. The molecule has 1 saturated heterocycles. The molecule has 2 aromatic rings. The van der Waals surface area contributed by atoms with Gasteiger partial charge in [0.25, 0.3) is 0 Å². The first-order chi connectivity index (χ1) is 12.3. The lowest BCUT2D eigenvalue weighted by Gasteiger charge is -2.33. The predicted octanol–water partition coefficient (Wildman–Crippen LogP) is 2.12. The van der Waals surface area contributed by atoms with Crippen LogP contribution in [0.1, 0.15) is 12.2 Å². The Morgan fingerprint density at radius 1 is 1.12 bits per heavy atom. The van der Waals surface area contributed by atoms with Crippen LogP contribution in [-0.2, 0) is 21.2 Å². The van der Waals surface area contributed by atoms with Gasteiger partial charge in [-0.05, 0) is 24.3 Å². The van der Waals surface area contributed by atoms with E-state index in [-0.39, 0.29) is 18.1 Å². The molecule has 1 fully saturated rings. The van der Waals surface area contributed by atoms with Gasteiger partial charge in [0.15, 0.2) is 0 Å². The van der Waals surface area contributed by atoms with Gasteiger partial charge in [-0.2, -0.15) is 4.31 Å². The van der Waals surface area contributed by atoms with Gasteiger partial charge in [-0.3, -0.25) is 4.79 Å². The maximum atomic E-state index is 13.8. The zero-order valence-corrected chi connectivity index (χ0v) is 15.3. The van der Waals surface area contributed by atoms with Crippen molar-refractivity contribution in [1.82, 2.24) is 9.21 Å². The van der Waals surface area contributed by atoms with Crippen LogP contribution in [0.5, 0.6) is 0 Å². The van der Waals surface area contributed by atoms with Crippen LogP contribution < -0.4 is 0 Å². The summed E-state index contributed by atoms with van der Waals surface area (Å²) in [5, 5.41) is 0. The van der Waals surface area contributed by atoms with Crippen LogP contribution in [0.2, 0.25) is 0 Å². The highest BCUT2D eigenvalue weighted by Gasteiger charge is 2.25. The van der Waals surface area contributed by atoms with Crippen molar-refractivity contribution in [1.29, 1.82) is 0 Å². The first-order valence-corrected chi connectivity index (χ1v) is 10.3. The largest absolute Gasteiger partial charge is 0.461 e. The van der Waals surface area contributed by atoms with E-state index in [1.807, 2.05) is 0 Å². The topological polar surface area (TPSA) is 70.8 Å². The summed E-state index contributed by atoms with van der Waals surface area (Å²) in [5.74, 6) is 0.661. The van der Waals surface area contributed by atoms with Crippen molar-refractivity contribution in [2.45, 2.75) is 12.8 Å². The van der Waals surface area contributed by atoms with Crippen LogP contribution in [0.15, 0.2) is 40.8 Å². The van der Waals surface area contributed by atoms with E-state index in [4.69, 9.17) is 4.42 Å². The van der Waals surface area contributed by atoms with Gasteiger partial charge in [0.2, 0.25) is 15.9 Å². The molecule has 0 bridgehead atoms. The molecule has 2 heterocycles. The molecule has 0 spiro atoms. The minimum absolute atomic E-state index is 0.0398. The van der Waals surface area contributed by atoms with E-state index >= 15 is 0 Å². The molecule has 1 aromatic carbocycles. The normalized spacial score (nSPS) is 16.0. The van der Waals surface area contributed by atoms with Gasteiger partial charge in [-0.25, -0.2) is 12.8 Å². The number of benzene rings is 1. The number of hydrogen-bond acceptors (Lipinski definition) is 4. The number of aryl methyl sites for hydroxylation is 1. The average molecular weight is 380 g/mol. The van der Waals surface area contributed by atoms with E-state index in [0.29, 0.717) is 49.7 Å². The Morgan fingerprint density at radius 3 is 2.46 bits per heavy atom. The Labute approximate surface area is 152 Å². The Bertz CT molecular complexity index is 886. The van der Waals surface area contributed by atoms with Crippen molar-refractivity contribution in [3.05, 3.63) is 48.0 Å². The monoisotopic (exact) mass is 380 g/mol. The van der Waals surface area contributed by atoms with Crippen molar-refractivity contribution in [3.8, 4) is 11.3 Å². The highest BCUT2D eigenvalue weighted by atomic mass is 32.2. The number of carbonyl (C=O) groups excluding carboxylic acids is 1. The highest BCUT2D eigenvalue weighted by Crippen LogP contribution is 2.25. The lowest BCUT2D eigenvalue weighted by molar-refractivity contribution is -0.132. The number of furan rings is 1. The molecule has 0 atom stereocenters. The van der Waals surface area contributed by atoms with Gasteiger partial charge in [-0.1, -0.05) is 12.1 Å². The van der Waals surface area contributed by atoms with Gasteiger partial charge >= 0.3 is 0 Å². The van der Waals surface area contributed by atoms with E-state index in [1.54, 1.807) is 35.2 Å². The van der Waals surface area contributed by atoms with E-state index in [1.165, 1.54) is 16.6 Å². The zero-order chi connectivity index (χ0) is 18.7. The number of piperazine rings is 1. The first kappa shape index (κ1) is 18.6. The molecule has 6 nitrogen and oxygen atoms in total. The second-order valence-corrected chi connectivity index (χ2v) is 8.27. The second-order valence-electron chi connectivity index (χ2n) is 6.29. The molecule has 26 heavy (non-hydrogen) atoms. The van der Waals surface area contributed by atoms with E-state index in [9.17, 15) is 17.6 Å². The Morgan fingerprint density at radius 2 is 1.81 bits per heavy atom. The lowest BCUT2D eigenvalue weighted by atomic mass is 10.1. The molecule has 0 radical (unpaired) electrons. The molecule has 1 aliphatic heterocycles. The van der Waals surface area contributed by atoms with E-state index in [0.717, 1.165) is 0 Å². The Balaban J connectivity index is 1.54. The molecule has 1 aromatic heterocycles. The van der Waals surface area contributed by atoms with Crippen LogP contribution >= 0.6 is 0 Å². The molecule has 3 rings (SSSR count). The van der Waals surface area contributed by atoms with E-state index < -0.39 is 10.0 Å². The zero-order valence-electron chi connectivity index (χ0n) is 14.5. The summed E-state index contributed by atoms with van der Waals surface area (Å²) in [6, 6.07) is 9.81. The number of sulfonamides is 1. The fourth-order valence-electron chi connectivity index (χ4n) is 2.98. The quantitative estimate of drug-likeness (QED) is 0.797. The number of halogens is 1. The second kappa shape index (κ2) is 7.59. The van der Waals surface area contributed by atoms with Crippen molar-refractivity contribution in [2.75, 3.05) is 32.4 Å². The standard InChI is InChI=1S/C18H21FN2O4S/c1-26(23,24)21-12-10-20(11-13-21)18(22)9-7-14-6-8-17(25-14)15-4-2-3-5-16(15)19/h2-6,8H,7,9-13H2,1H3. The van der Waals surface area contributed by atoms with Crippen molar-refractivity contribution < 1.29 is 22.0 Å². The van der Waals surface area contributed by atoms with Gasteiger partial charge in [0.05, 0.1) is 11.8 Å². The Hall–Kier alpha value is -2.19. The van der Waals surface area contributed by atoms with Crippen LogP contribution in [0.25, 0.3) is 11.3 Å². The first-order valence-electron chi connectivity index (χ1n) is 8.41. The van der Waals surface area contributed by atoms with Crippen LogP contribution in [0, 0.1) is 5.82 Å². The SMILES string of the molecule is CS(=O)(=O)N1CCN(C(=O)CCc2ccc(-c3ccccc3F)o2)CC1. The third-order valence-electron chi connectivity index (χ3n) is 4.45. The molecular weight excluding hydrogens is 359 g/mol. The molecule has 0 saturated carbocycles. The van der Waals surface area contributed by atoms with Gasteiger partial charge in [0, 0.05) is 39.0 Å². The predicted molar refractivity (Wildman–Crippen MR) is 95.4 cm³/mol. The molecule has 0 N–H and O–H groups in total. The van der Waals surface area contributed by atoms with Crippen molar-refractivity contribution in [2.24, 2.45) is 0 Å². The van der Waals surface area contributed by atoms with Crippen LogP contribution in [0.4, 0.5) is 4.39 Å². The summed E-state index contributed by atoms with van der Waals surface area (Å²) in [7, 11) is -3.21. The summed E-state index contributed by atoms with van der Waals surface area (Å²) in [6.45, 7) is 1.43. The third-order valence-corrected chi connectivity index (χ3v) is 5.75. The summed E-state index contributed by atoms with van der Waals surface area (Å²) in [4.78, 5) is 14.0. The highest BCUT2D eigenvalue weighted by molar-refractivity contribution is 7.88. The number of hydrogen-bond donors (Lipinski definition) is 0. The van der Waals surface area contributed by atoms with Crippen molar-refractivity contribution in [3.63, 3.8) is 0 Å². The molecule has 1 aliphatic rings. The molecule has 1 amide bonds. The molecule has 0 aliphatic carbocycles.